The maximum absolute atomic E-state index is 13.3. The van der Waals surface area contributed by atoms with Gasteiger partial charge in [0, 0.05) is 35.3 Å². The number of nitrogens with one attached hydrogen (secondary N) is 1. The number of hydrogen-bond donors (Lipinski definition) is 3. The number of carboxylic acids is 1. The first kappa shape index (κ1) is 19.2. The number of carbonyl (C=O) groups excluding carboxylic acids is 1. The van der Waals surface area contributed by atoms with Crippen LogP contribution in [0.25, 0.3) is 33.4 Å². The van der Waals surface area contributed by atoms with E-state index in [0.717, 1.165) is 0 Å². The number of furan rings is 1. The van der Waals surface area contributed by atoms with Crippen LogP contribution in [-0.2, 0) is 0 Å². The van der Waals surface area contributed by atoms with Crippen molar-refractivity contribution in [3.63, 3.8) is 0 Å². The molecule has 6 nitrogen and oxygen atoms in total. The molecule has 0 aliphatic carbocycles. The van der Waals surface area contributed by atoms with Gasteiger partial charge in [0.05, 0.1) is 11.1 Å². The molecule has 0 saturated carbocycles. The van der Waals surface area contributed by atoms with E-state index in [9.17, 15) is 19.1 Å². The number of anilines is 1. The summed E-state index contributed by atoms with van der Waals surface area (Å²) in [5.74, 6) is -1.53. The summed E-state index contributed by atoms with van der Waals surface area (Å²) in [6, 6.07) is 15.3. The highest BCUT2D eigenvalue weighted by molar-refractivity contribution is 6.12. The van der Waals surface area contributed by atoms with Gasteiger partial charge in [-0.05, 0) is 48.0 Å². The smallest absolute Gasteiger partial charge is 0.335 e. The van der Waals surface area contributed by atoms with Gasteiger partial charge in [0.25, 0.3) is 5.91 Å². The van der Waals surface area contributed by atoms with Gasteiger partial charge in [-0.15, -0.1) is 0 Å². The topological polar surface area (TPSA) is 106 Å². The van der Waals surface area contributed by atoms with E-state index in [-0.39, 0.29) is 17.0 Å². The van der Waals surface area contributed by atoms with Gasteiger partial charge < -0.3 is 20.6 Å². The van der Waals surface area contributed by atoms with Crippen molar-refractivity contribution >= 4 is 28.5 Å². The lowest BCUT2D eigenvalue weighted by Gasteiger charge is -2.08. The molecule has 4 aromatic rings. The molecule has 0 saturated heterocycles. The zero-order chi connectivity index (χ0) is 21.4. The van der Waals surface area contributed by atoms with Gasteiger partial charge in [-0.25, -0.2) is 9.18 Å². The van der Waals surface area contributed by atoms with Crippen LogP contribution in [-0.4, -0.2) is 24.0 Å². The van der Waals surface area contributed by atoms with Gasteiger partial charge in [0.2, 0.25) is 0 Å². The molecule has 1 aromatic heterocycles. The van der Waals surface area contributed by atoms with Crippen LogP contribution in [0.15, 0.2) is 65.1 Å². The first-order chi connectivity index (χ1) is 14.4. The van der Waals surface area contributed by atoms with Crippen LogP contribution in [0.5, 0.6) is 0 Å². The molecule has 0 fully saturated rings. The largest absolute Gasteiger partial charge is 0.478 e. The van der Waals surface area contributed by atoms with E-state index in [1.807, 2.05) is 0 Å². The second-order valence-corrected chi connectivity index (χ2v) is 6.71. The molecule has 150 valence electrons. The standard InChI is InChI=1S/C23H17FN2O4/c1-26-22(27)20-17-10-16(13-3-2-4-14(9-13)23(28)29)18(25)11-19(17)30-21(20)12-5-7-15(24)8-6-12/h2-11H,25H2,1H3,(H,26,27)(H,28,29). The Hall–Kier alpha value is -4.13. The molecule has 0 aliphatic heterocycles. The molecule has 0 aliphatic rings. The van der Waals surface area contributed by atoms with Crippen LogP contribution < -0.4 is 11.1 Å². The quantitative estimate of drug-likeness (QED) is 0.433. The molecule has 0 unspecified atom stereocenters. The third-order valence-electron chi connectivity index (χ3n) is 4.84. The fraction of sp³-hybridized carbons (Fsp3) is 0.0435. The van der Waals surface area contributed by atoms with Gasteiger partial charge in [0.15, 0.2) is 0 Å². The molecule has 3 aromatic carbocycles. The molecular weight excluding hydrogens is 387 g/mol. The monoisotopic (exact) mass is 404 g/mol. The lowest BCUT2D eigenvalue weighted by atomic mass is 9.97. The van der Waals surface area contributed by atoms with Crippen molar-refractivity contribution in [2.45, 2.75) is 0 Å². The maximum Gasteiger partial charge on any atom is 0.335 e. The molecule has 4 N–H and O–H groups in total. The Morgan fingerprint density at radius 1 is 1.03 bits per heavy atom. The number of halogens is 1. The second-order valence-electron chi connectivity index (χ2n) is 6.71. The van der Waals surface area contributed by atoms with Crippen molar-refractivity contribution in [1.29, 1.82) is 0 Å². The number of aromatic carboxylic acids is 1. The third kappa shape index (κ3) is 3.26. The van der Waals surface area contributed by atoms with E-state index in [1.54, 1.807) is 24.3 Å². The van der Waals surface area contributed by atoms with E-state index in [1.165, 1.54) is 43.4 Å². The van der Waals surface area contributed by atoms with E-state index < -0.39 is 11.8 Å². The predicted molar refractivity (Wildman–Crippen MR) is 112 cm³/mol. The number of carboxylic acid groups (broad SMARTS) is 1. The fourth-order valence-corrected chi connectivity index (χ4v) is 3.38. The molecular formula is C23H17FN2O4. The van der Waals surface area contributed by atoms with Crippen molar-refractivity contribution in [2.75, 3.05) is 12.8 Å². The molecule has 1 heterocycles. The summed E-state index contributed by atoms with van der Waals surface area (Å²) in [4.78, 5) is 24.0. The van der Waals surface area contributed by atoms with Gasteiger partial charge >= 0.3 is 5.97 Å². The van der Waals surface area contributed by atoms with Crippen molar-refractivity contribution in [3.05, 3.63) is 77.6 Å². The Bertz CT molecular complexity index is 1290. The molecule has 0 radical (unpaired) electrons. The van der Waals surface area contributed by atoms with Gasteiger partial charge in [-0.3, -0.25) is 4.79 Å². The zero-order valence-electron chi connectivity index (χ0n) is 15.9. The van der Waals surface area contributed by atoms with Gasteiger partial charge in [0.1, 0.15) is 17.2 Å². The third-order valence-corrected chi connectivity index (χ3v) is 4.84. The number of nitrogens with two attached hydrogens (primary N) is 1. The molecule has 0 spiro atoms. The summed E-state index contributed by atoms with van der Waals surface area (Å²) in [7, 11) is 1.50. The van der Waals surface area contributed by atoms with Crippen LogP contribution in [0.1, 0.15) is 20.7 Å². The minimum Gasteiger partial charge on any atom is -0.478 e. The summed E-state index contributed by atoms with van der Waals surface area (Å²) in [6.07, 6.45) is 0. The average molecular weight is 404 g/mol. The Morgan fingerprint density at radius 2 is 1.77 bits per heavy atom. The number of rotatable bonds is 4. The Morgan fingerprint density at radius 3 is 2.43 bits per heavy atom. The average Bonchev–Trinajstić information content (AvgIpc) is 3.11. The van der Waals surface area contributed by atoms with E-state index >= 15 is 0 Å². The molecule has 0 bridgehead atoms. The minimum absolute atomic E-state index is 0.123. The summed E-state index contributed by atoms with van der Waals surface area (Å²) in [6.45, 7) is 0. The zero-order valence-corrected chi connectivity index (χ0v) is 15.9. The minimum atomic E-state index is -1.05. The summed E-state index contributed by atoms with van der Waals surface area (Å²) < 4.78 is 19.3. The predicted octanol–water partition coefficient (Wildman–Crippen LogP) is 4.55. The fourth-order valence-electron chi connectivity index (χ4n) is 3.38. The van der Waals surface area contributed by atoms with Crippen LogP contribution in [0, 0.1) is 5.82 Å². The van der Waals surface area contributed by atoms with Crippen LogP contribution >= 0.6 is 0 Å². The molecule has 1 amide bonds. The normalized spacial score (nSPS) is 10.9. The molecule has 7 heteroatoms. The Kier molecular flexibility index (Phi) is 4.71. The molecule has 4 rings (SSSR count). The van der Waals surface area contributed by atoms with Crippen LogP contribution in [0.3, 0.4) is 0 Å². The molecule has 30 heavy (non-hydrogen) atoms. The second kappa shape index (κ2) is 7.36. The Balaban J connectivity index is 1.97. The van der Waals surface area contributed by atoms with Crippen molar-refractivity contribution in [2.24, 2.45) is 0 Å². The van der Waals surface area contributed by atoms with Crippen molar-refractivity contribution in [3.8, 4) is 22.5 Å². The van der Waals surface area contributed by atoms with Crippen molar-refractivity contribution in [1.82, 2.24) is 5.32 Å². The highest BCUT2D eigenvalue weighted by Crippen LogP contribution is 2.38. The summed E-state index contributed by atoms with van der Waals surface area (Å²) in [5, 5.41) is 12.4. The van der Waals surface area contributed by atoms with Crippen molar-refractivity contribution < 1.29 is 23.5 Å². The van der Waals surface area contributed by atoms with Gasteiger partial charge in [-0.1, -0.05) is 12.1 Å². The highest BCUT2D eigenvalue weighted by Gasteiger charge is 2.23. The number of benzene rings is 3. The Labute approximate surface area is 170 Å². The number of carbonyl (C=O) groups is 2. The first-order valence-electron chi connectivity index (χ1n) is 9.07. The summed E-state index contributed by atoms with van der Waals surface area (Å²) >= 11 is 0. The lowest BCUT2D eigenvalue weighted by molar-refractivity contribution is 0.0696. The maximum atomic E-state index is 13.3. The van der Waals surface area contributed by atoms with Gasteiger partial charge in [-0.2, -0.15) is 0 Å². The van der Waals surface area contributed by atoms with Crippen LogP contribution in [0.2, 0.25) is 0 Å². The highest BCUT2D eigenvalue weighted by atomic mass is 19.1. The van der Waals surface area contributed by atoms with E-state index in [0.29, 0.717) is 39.1 Å². The lowest BCUT2D eigenvalue weighted by Crippen LogP contribution is -2.18. The van der Waals surface area contributed by atoms with E-state index in [4.69, 9.17) is 10.2 Å². The molecule has 0 atom stereocenters. The first-order valence-corrected chi connectivity index (χ1v) is 9.07. The van der Waals surface area contributed by atoms with E-state index in [2.05, 4.69) is 5.32 Å². The van der Waals surface area contributed by atoms with Crippen LogP contribution in [0.4, 0.5) is 10.1 Å². The summed E-state index contributed by atoms with van der Waals surface area (Å²) in [5.41, 5.74) is 9.10. The number of fused-ring (bicyclic) bond motifs is 1. The number of amides is 1. The number of nitrogen functional groups attached to an aromatic ring is 1. The number of hydrogen-bond acceptors (Lipinski definition) is 4. The SMILES string of the molecule is CNC(=O)c1c(-c2ccc(F)cc2)oc2cc(N)c(-c3cccc(C(=O)O)c3)cc12.